The van der Waals surface area contributed by atoms with Gasteiger partial charge in [-0.25, -0.2) is 0 Å². The largest absolute Gasteiger partial charge is 0.378 e. The number of halogens is 2. The lowest BCUT2D eigenvalue weighted by Gasteiger charge is -2.54. The lowest BCUT2D eigenvalue weighted by molar-refractivity contribution is -0.153. The highest BCUT2D eigenvalue weighted by molar-refractivity contribution is 6.42. The van der Waals surface area contributed by atoms with Gasteiger partial charge in [-0.15, -0.1) is 0 Å². The van der Waals surface area contributed by atoms with Crippen LogP contribution in [-0.2, 0) is 22.5 Å². The topological polar surface area (TPSA) is 62.1 Å². The molecule has 3 aliphatic rings. The van der Waals surface area contributed by atoms with Gasteiger partial charge in [0.05, 0.1) is 53.5 Å². The zero-order valence-electron chi connectivity index (χ0n) is 18.0. The molecule has 1 aromatic carbocycles. The third-order valence-corrected chi connectivity index (χ3v) is 7.69. The van der Waals surface area contributed by atoms with E-state index in [2.05, 4.69) is 19.9 Å². The lowest BCUT2D eigenvalue weighted by atomic mass is 9.90. The van der Waals surface area contributed by atoms with Crippen LogP contribution in [0.5, 0.6) is 0 Å². The Morgan fingerprint density at radius 3 is 2.59 bits per heavy atom. The second-order valence-electron chi connectivity index (χ2n) is 8.88. The van der Waals surface area contributed by atoms with E-state index >= 15 is 0 Å². The number of carbonyl (C=O) groups excluding carboxylic acids is 1. The summed E-state index contributed by atoms with van der Waals surface area (Å²) in [7, 11) is 0. The molecule has 4 heterocycles. The molecule has 5 rings (SSSR count). The molecule has 2 aromatic rings. The fourth-order valence-electron chi connectivity index (χ4n) is 5.39. The number of hydrogen-bond acceptors (Lipinski definition) is 6. The average Bonchev–Trinajstić information content (AvgIpc) is 3.50. The maximum absolute atomic E-state index is 13.5. The van der Waals surface area contributed by atoms with Gasteiger partial charge in [0.15, 0.2) is 0 Å². The number of benzene rings is 1. The van der Waals surface area contributed by atoms with Gasteiger partial charge in [0.2, 0.25) is 5.91 Å². The smallest absolute Gasteiger partial charge is 0.227 e. The number of amides is 1. The van der Waals surface area contributed by atoms with Crippen LogP contribution < -0.4 is 0 Å². The first-order valence-electron chi connectivity index (χ1n) is 11.3. The third-order valence-electron chi connectivity index (χ3n) is 6.95. The highest BCUT2D eigenvalue weighted by Crippen LogP contribution is 2.31. The van der Waals surface area contributed by atoms with Gasteiger partial charge in [-0.1, -0.05) is 34.4 Å². The van der Waals surface area contributed by atoms with E-state index in [0.29, 0.717) is 42.8 Å². The number of likely N-dealkylation sites (tertiary alicyclic amines) is 1. The van der Waals surface area contributed by atoms with Crippen LogP contribution in [0, 0.1) is 0 Å². The summed E-state index contributed by atoms with van der Waals surface area (Å²) in [6.45, 7) is 5.56. The number of fused-ring (bicyclic) bond motifs is 1. The quantitative estimate of drug-likeness (QED) is 0.657. The van der Waals surface area contributed by atoms with Crippen LogP contribution in [0.15, 0.2) is 35.1 Å². The van der Waals surface area contributed by atoms with Gasteiger partial charge in [-0.2, -0.15) is 0 Å². The first kappa shape index (κ1) is 22.2. The molecule has 3 aliphatic heterocycles. The Hall–Kier alpha value is -1.64. The molecule has 0 saturated carbocycles. The normalized spacial score (nSPS) is 26.9. The Kier molecular flexibility index (Phi) is 6.71. The molecule has 172 valence electrons. The van der Waals surface area contributed by atoms with E-state index in [1.807, 2.05) is 12.1 Å². The van der Waals surface area contributed by atoms with Gasteiger partial charge in [0.25, 0.3) is 0 Å². The molecular formula is C23H28Cl2N4O3. The lowest BCUT2D eigenvalue weighted by Crippen LogP contribution is -2.71. The van der Waals surface area contributed by atoms with Crippen molar-refractivity contribution in [2.45, 2.75) is 43.9 Å². The van der Waals surface area contributed by atoms with E-state index in [9.17, 15) is 4.79 Å². The summed E-state index contributed by atoms with van der Waals surface area (Å²) >= 11 is 12.2. The summed E-state index contributed by atoms with van der Waals surface area (Å²) in [6, 6.07) is 7.74. The minimum Gasteiger partial charge on any atom is -0.378 e. The molecule has 3 atom stereocenters. The maximum atomic E-state index is 13.5. The summed E-state index contributed by atoms with van der Waals surface area (Å²) in [5.74, 6) is 0.130. The zero-order chi connectivity index (χ0) is 22.1. The molecule has 0 aliphatic carbocycles. The molecule has 1 unspecified atom stereocenters. The van der Waals surface area contributed by atoms with E-state index in [1.165, 1.54) is 12.8 Å². The summed E-state index contributed by atoms with van der Waals surface area (Å²) < 4.78 is 11.1. The number of rotatable bonds is 5. The predicted octanol–water partition coefficient (Wildman–Crippen LogP) is 3.10. The third kappa shape index (κ3) is 4.54. The average molecular weight is 479 g/mol. The number of nitrogens with zero attached hydrogens (tertiary/aromatic N) is 4. The fraction of sp³-hybridized carbons (Fsp3) is 0.565. The molecule has 0 spiro atoms. The standard InChI is InChI=1S/C23H28Cl2N4O3/c24-18-4-3-16(11-19(18)25)12-22(30)29-9-8-28(13-17-5-10-32-26-17)21-15-31-14-20(23(21)29)27-6-1-2-7-27/h3-5,10-11,20-21,23H,1-2,6-9,12-15H2/t20?,21-,23-/m1/s1. The van der Waals surface area contributed by atoms with Gasteiger partial charge < -0.3 is 14.2 Å². The van der Waals surface area contributed by atoms with E-state index in [4.69, 9.17) is 32.5 Å². The Morgan fingerprint density at radius 1 is 1.03 bits per heavy atom. The molecule has 3 saturated heterocycles. The van der Waals surface area contributed by atoms with Crippen LogP contribution >= 0.6 is 23.2 Å². The minimum absolute atomic E-state index is 0.0813. The maximum Gasteiger partial charge on any atom is 0.227 e. The Morgan fingerprint density at radius 2 is 1.84 bits per heavy atom. The second kappa shape index (κ2) is 9.69. The fourth-order valence-corrected chi connectivity index (χ4v) is 5.71. The van der Waals surface area contributed by atoms with E-state index < -0.39 is 0 Å². The van der Waals surface area contributed by atoms with Crippen LogP contribution in [-0.4, -0.2) is 83.3 Å². The summed E-state index contributed by atoms with van der Waals surface area (Å²) in [5, 5.41) is 5.08. The van der Waals surface area contributed by atoms with Crippen molar-refractivity contribution < 1.29 is 14.1 Å². The number of aromatic nitrogens is 1. The molecule has 32 heavy (non-hydrogen) atoms. The number of ether oxygens (including phenoxy) is 1. The van der Waals surface area contributed by atoms with Crippen LogP contribution in [0.3, 0.4) is 0 Å². The molecule has 1 amide bonds. The second-order valence-corrected chi connectivity index (χ2v) is 9.69. The number of carbonyl (C=O) groups is 1. The van der Waals surface area contributed by atoms with Crippen molar-refractivity contribution in [1.82, 2.24) is 19.9 Å². The highest BCUT2D eigenvalue weighted by Gasteiger charge is 2.47. The summed E-state index contributed by atoms with van der Waals surface area (Å²) in [4.78, 5) is 20.5. The van der Waals surface area contributed by atoms with E-state index in [1.54, 1.807) is 18.4 Å². The summed E-state index contributed by atoms with van der Waals surface area (Å²) in [6.07, 6.45) is 4.33. The van der Waals surface area contributed by atoms with Gasteiger partial charge in [-0.05, 0) is 43.6 Å². The predicted molar refractivity (Wildman–Crippen MR) is 122 cm³/mol. The van der Waals surface area contributed by atoms with Gasteiger partial charge in [-0.3, -0.25) is 14.6 Å². The number of piperazine rings is 1. The summed E-state index contributed by atoms with van der Waals surface area (Å²) in [5.41, 5.74) is 1.79. The van der Waals surface area contributed by atoms with Gasteiger partial charge in [0.1, 0.15) is 6.26 Å². The molecule has 3 fully saturated rings. The Labute approximate surface area is 198 Å². The van der Waals surface area contributed by atoms with Crippen molar-refractivity contribution in [1.29, 1.82) is 0 Å². The molecule has 0 radical (unpaired) electrons. The SMILES string of the molecule is O=C(Cc1ccc(Cl)c(Cl)c1)N1CCN(Cc2ccon2)[C@@H]2COCC(N3CCCC3)[C@H]21. The van der Waals surface area contributed by atoms with E-state index in [0.717, 1.165) is 30.9 Å². The first-order valence-corrected chi connectivity index (χ1v) is 12.0. The van der Waals surface area contributed by atoms with Gasteiger partial charge >= 0.3 is 0 Å². The Balaban J connectivity index is 1.39. The number of hydrogen-bond donors (Lipinski definition) is 0. The van der Waals surface area contributed by atoms with Crippen molar-refractivity contribution in [3.8, 4) is 0 Å². The molecule has 7 nitrogen and oxygen atoms in total. The zero-order valence-corrected chi connectivity index (χ0v) is 19.5. The Bertz CT molecular complexity index is 935. The molecule has 0 bridgehead atoms. The highest BCUT2D eigenvalue weighted by atomic mass is 35.5. The molecule has 9 heteroatoms. The monoisotopic (exact) mass is 478 g/mol. The first-order chi connectivity index (χ1) is 15.6. The van der Waals surface area contributed by atoms with Crippen molar-refractivity contribution in [2.75, 3.05) is 39.4 Å². The van der Waals surface area contributed by atoms with Crippen molar-refractivity contribution in [3.05, 3.63) is 51.8 Å². The van der Waals surface area contributed by atoms with Crippen LogP contribution in [0.4, 0.5) is 0 Å². The van der Waals surface area contributed by atoms with Crippen molar-refractivity contribution in [2.24, 2.45) is 0 Å². The molecule has 0 N–H and O–H groups in total. The van der Waals surface area contributed by atoms with Crippen molar-refractivity contribution >= 4 is 29.1 Å². The van der Waals surface area contributed by atoms with Crippen LogP contribution in [0.1, 0.15) is 24.1 Å². The van der Waals surface area contributed by atoms with Gasteiger partial charge in [0, 0.05) is 25.7 Å². The van der Waals surface area contributed by atoms with Crippen molar-refractivity contribution in [3.63, 3.8) is 0 Å². The molecular weight excluding hydrogens is 451 g/mol. The molecule has 1 aromatic heterocycles. The van der Waals surface area contributed by atoms with E-state index in [-0.39, 0.29) is 24.0 Å². The van der Waals surface area contributed by atoms with Crippen LogP contribution in [0.2, 0.25) is 10.0 Å². The van der Waals surface area contributed by atoms with Crippen LogP contribution in [0.25, 0.3) is 0 Å². The minimum atomic E-state index is 0.0813.